The van der Waals surface area contributed by atoms with Crippen LogP contribution in [0.5, 0.6) is 0 Å². The number of amides is 1. The summed E-state index contributed by atoms with van der Waals surface area (Å²) in [6.07, 6.45) is 2.01. The highest BCUT2D eigenvalue weighted by Crippen LogP contribution is 2.25. The van der Waals surface area contributed by atoms with E-state index in [9.17, 15) is 13.2 Å². The molecule has 1 fully saturated rings. The minimum absolute atomic E-state index is 0.0133. The van der Waals surface area contributed by atoms with Gasteiger partial charge in [-0.2, -0.15) is 4.31 Å². The molecule has 1 atom stereocenters. The Balaban J connectivity index is 1.56. The molecule has 2 aromatic carbocycles. The lowest BCUT2D eigenvalue weighted by molar-refractivity contribution is -0.126. The SMILES string of the molecule is CCc1ccc(C(C)NC(=O)C2CCN(S(=O)(=O)c3ccc(Cl)cc3)CC2)cc1. The number of piperidine rings is 1. The molecule has 0 spiro atoms. The number of carbonyl (C=O) groups is 1. The summed E-state index contributed by atoms with van der Waals surface area (Å²) in [4.78, 5) is 12.9. The second-order valence-corrected chi connectivity index (χ2v) is 9.83. The van der Waals surface area contributed by atoms with E-state index in [0.29, 0.717) is 31.0 Å². The molecule has 7 heteroatoms. The number of carbonyl (C=O) groups excluding carboxylic acids is 1. The van der Waals surface area contributed by atoms with Gasteiger partial charge in [-0.3, -0.25) is 4.79 Å². The van der Waals surface area contributed by atoms with Crippen LogP contribution in [-0.4, -0.2) is 31.7 Å². The first-order valence-electron chi connectivity index (χ1n) is 9.96. The molecule has 0 aliphatic carbocycles. The van der Waals surface area contributed by atoms with Crippen LogP contribution in [0.1, 0.15) is 43.9 Å². The van der Waals surface area contributed by atoms with E-state index in [1.165, 1.54) is 22.0 Å². The van der Waals surface area contributed by atoms with Crippen LogP contribution in [0.2, 0.25) is 5.02 Å². The highest BCUT2D eigenvalue weighted by molar-refractivity contribution is 7.89. The van der Waals surface area contributed by atoms with Crippen molar-refractivity contribution in [2.75, 3.05) is 13.1 Å². The average molecular weight is 435 g/mol. The van der Waals surface area contributed by atoms with Crippen molar-refractivity contribution in [1.82, 2.24) is 9.62 Å². The van der Waals surface area contributed by atoms with Gasteiger partial charge in [0.05, 0.1) is 10.9 Å². The number of hydrogen-bond donors (Lipinski definition) is 1. The lowest BCUT2D eigenvalue weighted by atomic mass is 9.96. The molecule has 0 saturated carbocycles. The third-order valence-electron chi connectivity index (χ3n) is 5.52. The summed E-state index contributed by atoms with van der Waals surface area (Å²) in [5.41, 5.74) is 2.33. The van der Waals surface area contributed by atoms with Crippen molar-refractivity contribution in [3.8, 4) is 0 Å². The Bertz CT molecular complexity index is 935. The van der Waals surface area contributed by atoms with Gasteiger partial charge in [-0.05, 0) is 61.6 Å². The van der Waals surface area contributed by atoms with Crippen LogP contribution < -0.4 is 5.32 Å². The lowest BCUT2D eigenvalue weighted by Crippen LogP contribution is -2.43. The summed E-state index contributed by atoms with van der Waals surface area (Å²) >= 11 is 5.85. The van der Waals surface area contributed by atoms with Crippen LogP contribution in [-0.2, 0) is 21.2 Å². The molecule has 0 bridgehead atoms. The molecule has 1 saturated heterocycles. The topological polar surface area (TPSA) is 66.5 Å². The van der Waals surface area contributed by atoms with Gasteiger partial charge in [0.1, 0.15) is 0 Å². The number of hydrogen-bond acceptors (Lipinski definition) is 3. The lowest BCUT2D eigenvalue weighted by Gasteiger charge is -2.31. The molecule has 2 aromatic rings. The number of nitrogens with one attached hydrogen (secondary N) is 1. The van der Waals surface area contributed by atoms with Crippen LogP contribution in [0.25, 0.3) is 0 Å². The summed E-state index contributed by atoms with van der Waals surface area (Å²) < 4.78 is 27.0. The first kappa shape index (κ1) is 21.8. The fourth-order valence-electron chi connectivity index (χ4n) is 3.57. The Kier molecular flexibility index (Phi) is 6.98. The first-order chi connectivity index (χ1) is 13.8. The first-order valence-corrected chi connectivity index (χ1v) is 11.8. The molecule has 0 aromatic heterocycles. The van der Waals surface area contributed by atoms with Gasteiger partial charge < -0.3 is 5.32 Å². The summed E-state index contributed by atoms with van der Waals surface area (Å²) in [5, 5.41) is 3.57. The fraction of sp³-hybridized carbons (Fsp3) is 0.409. The van der Waals surface area contributed by atoms with Crippen molar-refractivity contribution in [1.29, 1.82) is 0 Å². The Morgan fingerprint density at radius 2 is 1.69 bits per heavy atom. The molecule has 156 valence electrons. The molecule has 0 radical (unpaired) electrons. The van der Waals surface area contributed by atoms with Crippen LogP contribution in [0, 0.1) is 5.92 Å². The predicted molar refractivity (Wildman–Crippen MR) is 115 cm³/mol. The van der Waals surface area contributed by atoms with Crippen LogP contribution >= 0.6 is 11.6 Å². The normalized spacial score (nSPS) is 17.1. The van der Waals surface area contributed by atoms with Crippen molar-refractivity contribution in [2.45, 2.75) is 44.0 Å². The van der Waals surface area contributed by atoms with E-state index in [4.69, 9.17) is 11.6 Å². The highest BCUT2D eigenvalue weighted by Gasteiger charge is 2.32. The maximum Gasteiger partial charge on any atom is 0.243 e. The molecule has 1 N–H and O–H groups in total. The number of aryl methyl sites for hydroxylation is 1. The van der Waals surface area contributed by atoms with Crippen molar-refractivity contribution < 1.29 is 13.2 Å². The molecule has 1 aliphatic heterocycles. The summed E-state index contributed by atoms with van der Waals surface area (Å²) in [7, 11) is -3.56. The Hall–Kier alpha value is -1.89. The third-order valence-corrected chi connectivity index (χ3v) is 7.69. The minimum Gasteiger partial charge on any atom is -0.349 e. The number of rotatable bonds is 6. The molecule has 1 heterocycles. The van der Waals surface area contributed by atoms with Gasteiger partial charge in [0.2, 0.25) is 15.9 Å². The molecule has 1 unspecified atom stereocenters. The Morgan fingerprint density at radius 3 is 2.24 bits per heavy atom. The summed E-state index contributed by atoms with van der Waals surface area (Å²) in [5.74, 6) is -0.190. The molecule has 29 heavy (non-hydrogen) atoms. The van der Waals surface area contributed by atoms with Crippen LogP contribution in [0.15, 0.2) is 53.4 Å². The van der Waals surface area contributed by atoms with Gasteiger partial charge in [-0.1, -0.05) is 42.8 Å². The maximum atomic E-state index is 12.8. The smallest absolute Gasteiger partial charge is 0.243 e. The Morgan fingerprint density at radius 1 is 1.10 bits per heavy atom. The van der Waals surface area contributed by atoms with E-state index in [1.54, 1.807) is 12.1 Å². The van der Waals surface area contributed by atoms with E-state index in [-0.39, 0.29) is 22.8 Å². The zero-order chi connectivity index (χ0) is 21.0. The number of sulfonamides is 1. The second-order valence-electron chi connectivity index (χ2n) is 7.46. The van der Waals surface area contributed by atoms with Crippen molar-refractivity contribution in [3.05, 3.63) is 64.7 Å². The van der Waals surface area contributed by atoms with Gasteiger partial charge in [0.25, 0.3) is 0 Å². The zero-order valence-electron chi connectivity index (χ0n) is 16.8. The van der Waals surface area contributed by atoms with E-state index in [2.05, 4.69) is 24.4 Å². The van der Waals surface area contributed by atoms with Crippen LogP contribution in [0.4, 0.5) is 0 Å². The van der Waals surface area contributed by atoms with Gasteiger partial charge in [-0.15, -0.1) is 0 Å². The highest BCUT2D eigenvalue weighted by atomic mass is 35.5. The van der Waals surface area contributed by atoms with E-state index >= 15 is 0 Å². The molecule has 1 aliphatic rings. The fourth-order valence-corrected chi connectivity index (χ4v) is 5.17. The van der Waals surface area contributed by atoms with Crippen molar-refractivity contribution in [3.63, 3.8) is 0 Å². The maximum absolute atomic E-state index is 12.8. The standard InChI is InChI=1S/C22H27ClN2O3S/c1-3-17-4-6-18(7-5-17)16(2)24-22(26)19-12-14-25(15-13-19)29(27,28)21-10-8-20(23)9-11-21/h4-11,16,19H,3,12-15H2,1-2H3,(H,24,26). The van der Waals surface area contributed by atoms with Gasteiger partial charge in [0, 0.05) is 24.0 Å². The molecular formula is C22H27ClN2O3S. The van der Waals surface area contributed by atoms with Crippen molar-refractivity contribution >= 4 is 27.5 Å². The minimum atomic E-state index is -3.56. The van der Waals surface area contributed by atoms with E-state index < -0.39 is 10.0 Å². The number of benzene rings is 2. The predicted octanol–water partition coefficient (Wildman–Crippen LogP) is 4.18. The van der Waals surface area contributed by atoms with Gasteiger partial charge in [0.15, 0.2) is 0 Å². The van der Waals surface area contributed by atoms with Crippen molar-refractivity contribution in [2.24, 2.45) is 5.92 Å². The summed E-state index contributed by atoms with van der Waals surface area (Å²) in [6.45, 7) is 4.75. The number of nitrogens with zero attached hydrogens (tertiary/aromatic N) is 1. The van der Waals surface area contributed by atoms with Crippen LogP contribution in [0.3, 0.4) is 0 Å². The average Bonchev–Trinajstić information content (AvgIpc) is 2.74. The zero-order valence-corrected chi connectivity index (χ0v) is 18.3. The van der Waals surface area contributed by atoms with Gasteiger partial charge >= 0.3 is 0 Å². The van der Waals surface area contributed by atoms with E-state index in [0.717, 1.165) is 12.0 Å². The molecule has 3 rings (SSSR count). The monoisotopic (exact) mass is 434 g/mol. The van der Waals surface area contributed by atoms with Gasteiger partial charge in [-0.25, -0.2) is 8.42 Å². The molecular weight excluding hydrogens is 408 g/mol. The third kappa shape index (κ3) is 5.18. The molecule has 1 amide bonds. The van der Waals surface area contributed by atoms with E-state index in [1.807, 2.05) is 19.1 Å². The quantitative estimate of drug-likeness (QED) is 0.741. The number of halogens is 1. The second kappa shape index (κ2) is 9.28. The molecule has 5 nitrogen and oxygen atoms in total. The largest absolute Gasteiger partial charge is 0.349 e. The Labute approximate surface area is 178 Å². The summed E-state index contributed by atoms with van der Waals surface area (Å²) in [6, 6.07) is 14.4.